The highest BCUT2D eigenvalue weighted by Gasteiger charge is 2.47. The first kappa shape index (κ1) is 15.1. The van der Waals surface area contributed by atoms with Crippen LogP contribution in [0.3, 0.4) is 0 Å². The molecule has 0 spiro atoms. The normalized spacial score (nSPS) is 31.3. The fourth-order valence-corrected chi connectivity index (χ4v) is 3.88. The zero-order valence-corrected chi connectivity index (χ0v) is 14.0. The van der Waals surface area contributed by atoms with Crippen LogP contribution in [0.1, 0.15) is 46.1 Å². The van der Waals surface area contributed by atoms with Gasteiger partial charge < -0.3 is 5.32 Å². The molecule has 3 rings (SSSR count). The lowest BCUT2D eigenvalue weighted by Crippen LogP contribution is -2.66. The van der Waals surface area contributed by atoms with Crippen LogP contribution in [0, 0.1) is 11.3 Å². The Hall–Kier alpha value is -0.860. The van der Waals surface area contributed by atoms with Crippen LogP contribution >= 0.6 is 0 Å². The monoisotopic (exact) mass is 286 g/mol. The smallest absolute Gasteiger partial charge is 0.0309 e. The van der Waals surface area contributed by atoms with E-state index in [1.54, 1.807) is 0 Å². The molecule has 1 aromatic rings. The van der Waals surface area contributed by atoms with E-state index in [-0.39, 0.29) is 0 Å². The van der Waals surface area contributed by atoms with Crippen LogP contribution in [-0.4, -0.2) is 29.6 Å². The van der Waals surface area contributed by atoms with E-state index in [0.717, 1.165) is 19.0 Å². The van der Waals surface area contributed by atoms with Gasteiger partial charge in [0, 0.05) is 31.2 Å². The lowest BCUT2D eigenvalue weighted by atomic mass is 9.80. The molecule has 21 heavy (non-hydrogen) atoms. The molecule has 2 unspecified atom stereocenters. The Bertz CT molecular complexity index is 472. The Balaban J connectivity index is 1.79. The molecular formula is C19H30N2. The van der Waals surface area contributed by atoms with Gasteiger partial charge in [0.25, 0.3) is 0 Å². The predicted octanol–water partition coefficient (Wildman–Crippen LogP) is 3.68. The fraction of sp³-hybridized carbons (Fsp3) is 0.684. The lowest BCUT2D eigenvalue weighted by Gasteiger charge is -2.51. The molecule has 2 atom stereocenters. The van der Waals surface area contributed by atoms with E-state index in [1.165, 1.54) is 24.9 Å². The zero-order chi connectivity index (χ0) is 15.1. The Kier molecular flexibility index (Phi) is 3.87. The lowest BCUT2D eigenvalue weighted by molar-refractivity contribution is 0.0145. The number of nitrogens with zero attached hydrogens (tertiary/aromatic N) is 1. The van der Waals surface area contributed by atoms with Crippen molar-refractivity contribution in [1.82, 2.24) is 10.2 Å². The van der Waals surface area contributed by atoms with Gasteiger partial charge in [-0.3, -0.25) is 4.90 Å². The van der Waals surface area contributed by atoms with Crippen molar-refractivity contribution < 1.29 is 0 Å². The Morgan fingerprint density at radius 2 is 1.86 bits per heavy atom. The molecule has 2 nitrogen and oxygen atoms in total. The second kappa shape index (κ2) is 5.40. The standard InChI is InChI=1S/C19H30N2/c1-18(2,3)17-12-20-19(4,16-10-11-16)14-21(17)13-15-8-6-5-7-9-15/h5-9,16-17,20H,10-14H2,1-4H3. The van der Waals surface area contributed by atoms with E-state index in [4.69, 9.17) is 0 Å². The van der Waals surface area contributed by atoms with Gasteiger partial charge in [0.05, 0.1) is 0 Å². The first-order valence-corrected chi connectivity index (χ1v) is 8.41. The summed E-state index contributed by atoms with van der Waals surface area (Å²) in [6.45, 7) is 12.9. The molecule has 1 aromatic carbocycles. The van der Waals surface area contributed by atoms with E-state index >= 15 is 0 Å². The molecule has 1 saturated carbocycles. The molecule has 2 heteroatoms. The van der Waals surface area contributed by atoms with E-state index in [0.29, 0.717) is 17.0 Å². The highest BCUT2D eigenvalue weighted by atomic mass is 15.3. The molecule has 1 N–H and O–H groups in total. The number of hydrogen-bond acceptors (Lipinski definition) is 2. The maximum atomic E-state index is 3.89. The van der Waals surface area contributed by atoms with Crippen molar-refractivity contribution in [1.29, 1.82) is 0 Å². The number of nitrogens with one attached hydrogen (secondary N) is 1. The van der Waals surface area contributed by atoms with Crippen LogP contribution in [0.5, 0.6) is 0 Å². The number of rotatable bonds is 3. The predicted molar refractivity (Wildman–Crippen MR) is 89.2 cm³/mol. The highest BCUT2D eigenvalue weighted by Crippen LogP contribution is 2.43. The number of piperazine rings is 1. The molecule has 2 fully saturated rings. The summed E-state index contributed by atoms with van der Waals surface area (Å²) in [5, 5.41) is 3.89. The topological polar surface area (TPSA) is 15.3 Å². The summed E-state index contributed by atoms with van der Waals surface area (Å²) in [5.74, 6) is 0.886. The quantitative estimate of drug-likeness (QED) is 0.912. The van der Waals surface area contributed by atoms with Gasteiger partial charge in [-0.05, 0) is 36.7 Å². The summed E-state index contributed by atoms with van der Waals surface area (Å²) >= 11 is 0. The molecule has 2 aliphatic rings. The third-order valence-electron chi connectivity index (χ3n) is 5.38. The molecule has 1 heterocycles. The maximum absolute atomic E-state index is 3.89. The van der Waals surface area contributed by atoms with Crippen LogP contribution in [0.15, 0.2) is 30.3 Å². The summed E-state index contributed by atoms with van der Waals surface area (Å²) < 4.78 is 0. The second-order valence-electron chi connectivity index (χ2n) is 8.35. The van der Waals surface area contributed by atoms with Crippen molar-refractivity contribution in [3.8, 4) is 0 Å². The minimum absolute atomic E-state index is 0.312. The second-order valence-corrected chi connectivity index (χ2v) is 8.35. The number of hydrogen-bond donors (Lipinski definition) is 1. The summed E-state index contributed by atoms with van der Waals surface area (Å²) in [4.78, 5) is 2.73. The highest BCUT2D eigenvalue weighted by molar-refractivity contribution is 5.16. The van der Waals surface area contributed by atoms with E-state index < -0.39 is 0 Å². The van der Waals surface area contributed by atoms with Crippen LogP contribution in [-0.2, 0) is 6.54 Å². The van der Waals surface area contributed by atoms with Gasteiger partial charge in [-0.2, -0.15) is 0 Å². The zero-order valence-electron chi connectivity index (χ0n) is 14.0. The van der Waals surface area contributed by atoms with Crippen LogP contribution in [0.4, 0.5) is 0 Å². The average Bonchev–Trinajstić information content (AvgIpc) is 3.23. The Morgan fingerprint density at radius 3 is 2.43 bits per heavy atom. The molecule has 0 aromatic heterocycles. The van der Waals surface area contributed by atoms with E-state index in [9.17, 15) is 0 Å². The van der Waals surface area contributed by atoms with Crippen molar-refractivity contribution in [2.24, 2.45) is 11.3 Å². The summed E-state index contributed by atoms with van der Waals surface area (Å²) in [5.41, 5.74) is 2.07. The van der Waals surface area contributed by atoms with Gasteiger partial charge in [0.15, 0.2) is 0 Å². The van der Waals surface area contributed by atoms with Gasteiger partial charge >= 0.3 is 0 Å². The molecule has 1 aliphatic heterocycles. The largest absolute Gasteiger partial charge is 0.308 e. The summed E-state index contributed by atoms with van der Waals surface area (Å²) in [7, 11) is 0. The van der Waals surface area contributed by atoms with Gasteiger partial charge in [-0.25, -0.2) is 0 Å². The molecule has 0 amide bonds. The van der Waals surface area contributed by atoms with Gasteiger partial charge in [-0.1, -0.05) is 51.1 Å². The van der Waals surface area contributed by atoms with Crippen LogP contribution in [0.25, 0.3) is 0 Å². The molecular weight excluding hydrogens is 256 g/mol. The third kappa shape index (κ3) is 3.32. The van der Waals surface area contributed by atoms with Crippen molar-refractivity contribution >= 4 is 0 Å². The summed E-state index contributed by atoms with van der Waals surface area (Å²) in [6, 6.07) is 11.5. The minimum atomic E-state index is 0.312. The first-order valence-electron chi connectivity index (χ1n) is 8.41. The van der Waals surface area contributed by atoms with Crippen LogP contribution < -0.4 is 5.32 Å². The Morgan fingerprint density at radius 1 is 1.19 bits per heavy atom. The molecule has 0 bridgehead atoms. The van der Waals surface area contributed by atoms with Crippen molar-refractivity contribution in [3.05, 3.63) is 35.9 Å². The SMILES string of the molecule is CC(C)(C)C1CNC(C)(C2CC2)CN1Cc1ccccc1. The van der Waals surface area contributed by atoms with Gasteiger partial charge in [0.2, 0.25) is 0 Å². The number of benzene rings is 1. The van der Waals surface area contributed by atoms with Gasteiger partial charge in [0.1, 0.15) is 0 Å². The summed E-state index contributed by atoms with van der Waals surface area (Å²) in [6.07, 6.45) is 2.81. The first-order chi connectivity index (χ1) is 9.88. The van der Waals surface area contributed by atoms with Gasteiger partial charge in [-0.15, -0.1) is 0 Å². The van der Waals surface area contributed by atoms with Crippen molar-refractivity contribution in [2.45, 2.75) is 58.7 Å². The fourth-order valence-electron chi connectivity index (χ4n) is 3.88. The van der Waals surface area contributed by atoms with Crippen LogP contribution in [0.2, 0.25) is 0 Å². The molecule has 1 saturated heterocycles. The van der Waals surface area contributed by atoms with E-state index in [2.05, 4.69) is 68.2 Å². The Labute approximate surface area is 129 Å². The molecule has 116 valence electrons. The minimum Gasteiger partial charge on any atom is -0.308 e. The third-order valence-corrected chi connectivity index (χ3v) is 5.38. The maximum Gasteiger partial charge on any atom is 0.0309 e. The molecule has 0 radical (unpaired) electrons. The van der Waals surface area contributed by atoms with Crippen molar-refractivity contribution in [3.63, 3.8) is 0 Å². The molecule has 1 aliphatic carbocycles. The van der Waals surface area contributed by atoms with E-state index in [1.807, 2.05) is 0 Å². The average molecular weight is 286 g/mol. The van der Waals surface area contributed by atoms with Crippen molar-refractivity contribution in [2.75, 3.05) is 13.1 Å².